The lowest BCUT2D eigenvalue weighted by atomic mass is 10.1. The summed E-state index contributed by atoms with van der Waals surface area (Å²) in [6.45, 7) is 4.36. The molecular formula is C18H18N2O4. The van der Waals surface area contributed by atoms with E-state index in [-0.39, 0.29) is 13.3 Å². The molecule has 0 unspecified atom stereocenters. The third-order valence-corrected chi connectivity index (χ3v) is 3.86. The number of fused-ring (bicyclic) bond motifs is 1. The Labute approximate surface area is 139 Å². The molecule has 6 heteroatoms. The summed E-state index contributed by atoms with van der Waals surface area (Å²) < 4.78 is 10.5. The van der Waals surface area contributed by atoms with Gasteiger partial charge < -0.3 is 20.1 Å². The van der Waals surface area contributed by atoms with Gasteiger partial charge in [0.15, 0.2) is 11.5 Å². The van der Waals surface area contributed by atoms with E-state index in [1.165, 1.54) is 0 Å². The maximum atomic E-state index is 11.9. The number of hydrogen-bond donors (Lipinski definition) is 2. The normalized spacial score (nSPS) is 11.9. The molecule has 0 spiro atoms. The van der Waals surface area contributed by atoms with E-state index < -0.39 is 11.8 Å². The number of benzene rings is 2. The second-order valence-electron chi connectivity index (χ2n) is 5.62. The van der Waals surface area contributed by atoms with Crippen LogP contribution in [-0.2, 0) is 16.1 Å². The van der Waals surface area contributed by atoms with Crippen molar-refractivity contribution in [3.63, 3.8) is 0 Å². The van der Waals surface area contributed by atoms with Crippen molar-refractivity contribution in [2.45, 2.75) is 20.4 Å². The van der Waals surface area contributed by atoms with Crippen LogP contribution in [0.15, 0.2) is 36.4 Å². The summed E-state index contributed by atoms with van der Waals surface area (Å²) >= 11 is 0. The molecule has 1 aliphatic rings. The lowest BCUT2D eigenvalue weighted by molar-refractivity contribution is -0.136. The Balaban J connectivity index is 1.56. The van der Waals surface area contributed by atoms with Crippen molar-refractivity contribution in [2.75, 3.05) is 12.1 Å². The molecule has 2 aromatic carbocycles. The molecule has 24 heavy (non-hydrogen) atoms. The lowest BCUT2D eigenvalue weighted by Gasteiger charge is -2.08. The number of rotatable bonds is 3. The summed E-state index contributed by atoms with van der Waals surface area (Å²) in [5, 5.41) is 5.18. The van der Waals surface area contributed by atoms with E-state index in [0.29, 0.717) is 17.2 Å². The maximum absolute atomic E-state index is 11.9. The minimum Gasteiger partial charge on any atom is -0.454 e. The van der Waals surface area contributed by atoms with E-state index in [1.807, 2.05) is 32.0 Å². The summed E-state index contributed by atoms with van der Waals surface area (Å²) in [5.41, 5.74) is 3.60. The van der Waals surface area contributed by atoms with Crippen LogP contribution in [-0.4, -0.2) is 18.6 Å². The van der Waals surface area contributed by atoms with Crippen LogP contribution < -0.4 is 20.1 Å². The highest BCUT2D eigenvalue weighted by Gasteiger charge is 2.16. The second kappa shape index (κ2) is 6.62. The quantitative estimate of drug-likeness (QED) is 0.849. The van der Waals surface area contributed by atoms with Gasteiger partial charge in [0.05, 0.1) is 0 Å². The second-order valence-corrected chi connectivity index (χ2v) is 5.62. The SMILES string of the molecule is Cc1ccc(NC(=O)C(=O)NCc2ccc3c(c2)OCO3)cc1C. The van der Waals surface area contributed by atoms with Gasteiger partial charge in [0.25, 0.3) is 0 Å². The van der Waals surface area contributed by atoms with Gasteiger partial charge in [0.2, 0.25) is 6.79 Å². The fourth-order valence-corrected chi connectivity index (χ4v) is 2.32. The molecule has 0 saturated carbocycles. The molecule has 2 aromatic rings. The van der Waals surface area contributed by atoms with Crippen molar-refractivity contribution in [3.05, 3.63) is 53.1 Å². The minimum absolute atomic E-state index is 0.198. The molecule has 0 atom stereocenters. The van der Waals surface area contributed by atoms with E-state index in [0.717, 1.165) is 16.7 Å². The summed E-state index contributed by atoms with van der Waals surface area (Å²) in [6.07, 6.45) is 0. The van der Waals surface area contributed by atoms with Crippen LogP contribution in [0.2, 0.25) is 0 Å². The number of anilines is 1. The summed E-state index contributed by atoms with van der Waals surface area (Å²) in [5.74, 6) is -0.0659. The molecule has 1 aliphatic heterocycles. The standard InChI is InChI=1S/C18H18N2O4/c1-11-3-5-14(7-12(11)2)20-18(22)17(21)19-9-13-4-6-15-16(8-13)24-10-23-15/h3-8H,9-10H2,1-2H3,(H,19,21)(H,20,22). The molecule has 1 heterocycles. The van der Waals surface area contributed by atoms with Gasteiger partial charge in [-0.3, -0.25) is 9.59 Å². The Morgan fingerprint density at radius 2 is 1.75 bits per heavy atom. The van der Waals surface area contributed by atoms with Crippen molar-refractivity contribution in [2.24, 2.45) is 0 Å². The van der Waals surface area contributed by atoms with Crippen molar-refractivity contribution >= 4 is 17.5 Å². The number of nitrogens with one attached hydrogen (secondary N) is 2. The molecule has 6 nitrogen and oxygen atoms in total. The van der Waals surface area contributed by atoms with Crippen molar-refractivity contribution in [1.29, 1.82) is 0 Å². The summed E-state index contributed by atoms with van der Waals surface area (Å²) in [6, 6.07) is 10.9. The third kappa shape index (κ3) is 3.48. The molecule has 3 rings (SSSR count). The van der Waals surface area contributed by atoms with E-state index >= 15 is 0 Å². The van der Waals surface area contributed by atoms with Gasteiger partial charge in [-0.15, -0.1) is 0 Å². The maximum Gasteiger partial charge on any atom is 0.313 e. The Morgan fingerprint density at radius 3 is 2.54 bits per heavy atom. The molecule has 0 aliphatic carbocycles. The predicted molar refractivity (Wildman–Crippen MR) is 89.0 cm³/mol. The van der Waals surface area contributed by atoms with Crippen LogP contribution in [0.4, 0.5) is 5.69 Å². The number of hydrogen-bond acceptors (Lipinski definition) is 4. The van der Waals surface area contributed by atoms with Gasteiger partial charge in [0, 0.05) is 12.2 Å². The number of carbonyl (C=O) groups is 2. The van der Waals surface area contributed by atoms with Gasteiger partial charge in [-0.05, 0) is 54.8 Å². The van der Waals surface area contributed by atoms with Crippen LogP contribution in [0.5, 0.6) is 11.5 Å². The topological polar surface area (TPSA) is 76.7 Å². The van der Waals surface area contributed by atoms with Gasteiger partial charge in [-0.1, -0.05) is 12.1 Å². The fourth-order valence-electron chi connectivity index (χ4n) is 2.32. The Morgan fingerprint density at radius 1 is 0.958 bits per heavy atom. The highest BCUT2D eigenvalue weighted by Crippen LogP contribution is 2.32. The number of aryl methyl sites for hydroxylation is 2. The lowest BCUT2D eigenvalue weighted by Crippen LogP contribution is -2.34. The summed E-state index contributed by atoms with van der Waals surface area (Å²) in [4.78, 5) is 23.9. The van der Waals surface area contributed by atoms with Crippen LogP contribution >= 0.6 is 0 Å². The zero-order chi connectivity index (χ0) is 17.1. The first kappa shape index (κ1) is 15.9. The monoisotopic (exact) mass is 326 g/mol. The fraction of sp³-hybridized carbons (Fsp3) is 0.222. The van der Waals surface area contributed by atoms with Crippen molar-refractivity contribution in [3.8, 4) is 11.5 Å². The Bertz CT molecular complexity index is 802. The van der Waals surface area contributed by atoms with Crippen LogP contribution in [0.25, 0.3) is 0 Å². The van der Waals surface area contributed by atoms with Crippen LogP contribution in [0.1, 0.15) is 16.7 Å². The Hall–Kier alpha value is -3.02. The number of ether oxygens (including phenoxy) is 2. The largest absolute Gasteiger partial charge is 0.454 e. The highest BCUT2D eigenvalue weighted by molar-refractivity contribution is 6.39. The molecule has 2 N–H and O–H groups in total. The first-order chi connectivity index (χ1) is 11.5. The zero-order valence-corrected chi connectivity index (χ0v) is 13.5. The molecule has 0 bridgehead atoms. The molecule has 0 saturated heterocycles. The molecule has 0 radical (unpaired) electrons. The smallest absolute Gasteiger partial charge is 0.313 e. The van der Waals surface area contributed by atoms with E-state index in [1.54, 1.807) is 18.2 Å². The van der Waals surface area contributed by atoms with Gasteiger partial charge >= 0.3 is 11.8 Å². The number of amides is 2. The first-order valence-electron chi connectivity index (χ1n) is 7.58. The number of carbonyl (C=O) groups excluding carboxylic acids is 2. The van der Waals surface area contributed by atoms with Gasteiger partial charge in [-0.25, -0.2) is 0 Å². The molecular weight excluding hydrogens is 308 g/mol. The van der Waals surface area contributed by atoms with Gasteiger partial charge in [0.1, 0.15) is 0 Å². The van der Waals surface area contributed by atoms with Crippen LogP contribution in [0.3, 0.4) is 0 Å². The average Bonchev–Trinajstić information content (AvgIpc) is 3.03. The van der Waals surface area contributed by atoms with E-state index in [4.69, 9.17) is 9.47 Å². The summed E-state index contributed by atoms with van der Waals surface area (Å²) in [7, 11) is 0. The van der Waals surface area contributed by atoms with Gasteiger partial charge in [-0.2, -0.15) is 0 Å². The predicted octanol–water partition coefficient (Wildman–Crippen LogP) is 2.29. The average molecular weight is 326 g/mol. The highest BCUT2D eigenvalue weighted by atomic mass is 16.7. The van der Waals surface area contributed by atoms with Crippen molar-refractivity contribution in [1.82, 2.24) is 5.32 Å². The Kier molecular flexibility index (Phi) is 4.37. The molecule has 124 valence electrons. The minimum atomic E-state index is -0.695. The molecule has 0 aromatic heterocycles. The first-order valence-corrected chi connectivity index (χ1v) is 7.58. The van der Waals surface area contributed by atoms with Crippen molar-refractivity contribution < 1.29 is 19.1 Å². The zero-order valence-electron chi connectivity index (χ0n) is 13.5. The molecule has 0 fully saturated rings. The van der Waals surface area contributed by atoms with E-state index in [2.05, 4.69) is 10.6 Å². The van der Waals surface area contributed by atoms with Crippen LogP contribution in [0, 0.1) is 13.8 Å². The van der Waals surface area contributed by atoms with E-state index in [9.17, 15) is 9.59 Å². The third-order valence-electron chi connectivity index (χ3n) is 3.86. The molecule has 2 amide bonds.